The minimum absolute atomic E-state index is 0.785. The number of nitrogens with one attached hydrogen (secondary N) is 1. The quantitative estimate of drug-likeness (QED) is 0.768. The first-order valence-corrected chi connectivity index (χ1v) is 6.93. The Balaban J connectivity index is 1.89. The van der Waals surface area contributed by atoms with Crippen LogP contribution in [0.4, 0.5) is 0 Å². The summed E-state index contributed by atoms with van der Waals surface area (Å²) in [5.41, 5.74) is 2.68. The van der Waals surface area contributed by atoms with E-state index in [-0.39, 0.29) is 0 Å². The normalized spacial score (nSPS) is 11.6. The molecule has 0 aliphatic carbocycles. The molecule has 0 atom stereocenters. The predicted octanol–water partition coefficient (Wildman–Crippen LogP) is 3.59. The van der Waals surface area contributed by atoms with Crippen molar-refractivity contribution in [1.29, 1.82) is 0 Å². The van der Waals surface area contributed by atoms with Crippen molar-refractivity contribution in [2.45, 2.75) is 33.7 Å². The number of fused-ring (bicyclic) bond motifs is 1. The first-order valence-electron chi connectivity index (χ1n) is 6.93. The van der Waals surface area contributed by atoms with Crippen LogP contribution in [0.3, 0.4) is 0 Å². The lowest BCUT2D eigenvalue weighted by atomic mass is 10.1. The van der Waals surface area contributed by atoms with Gasteiger partial charge in [0, 0.05) is 24.8 Å². The molecule has 2 aromatic rings. The van der Waals surface area contributed by atoms with Gasteiger partial charge < -0.3 is 9.88 Å². The van der Waals surface area contributed by atoms with Gasteiger partial charge in [-0.15, -0.1) is 0 Å². The summed E-state index contributed by atoms with van der Waals surface area (Å²) < 4.78 is 2.34. The molecule has 1 heterocycles. The van der Waals surface area contributed by atoms with Crippen LogP contribution < -0.4 is 5.32 Å². The smallest absolute Gasteiger partial charge is 0.0483 e. The second-order valence-corrected chi connectivity index (χ2v) is 5.50. The van der Waals surface area contributed by atoms with Gasteiger partial charge in [-0.25, -0.2) is 0 Å². The van der Waals surface area contributed by atoms with Crippen molar-refractivity contribution in [3.8, 4) is 0 Å². The molecule has 0 spiro atoms. The van der Waals surface area contributed by atoms with Crippen LogP contribution in [0.15, 0.2) is 30.5 Å². The molecule has 0 saturated carbocycles. The Morgan fingerprint density at radius 3 is 2.78 bits per heavy atom. The largest absolute Gasteiger partial charge is 0.346 e. The topological polar surface area (TPSA) is 17.0 Å². The van der Waals surface area contributed by atoms with E-state index in [4.69, 9.17) is 0 Å². The van der Waals surface area contributed by atoms with Gasteiger partial charge in [-0.2, -0.15) is 0 Å². The maximum absolute atomic E-state index is 3.51. The minimum Gasteiger partial charge on any atom is -0.346 e. The minimum atomic E-state index is 0.785. The summed E-state index contributed by atoms with van der Waals surface area (Å²) in [4.78, 5) is 0. The van der Waals surface area contributed by atoms with E-state index >= 15 is 0 Å². The summed E-state index contributed by atoms with van der Waals surface area (Å²) in [6.45, 7) is 9.90. The van der Waals surface area contributed by atoms with Crippen LogP contribution in [0.1, 0.15) is 25.8 Å². The molecule has 1 aromatic heterocycles. The number of nitrogens with zero attached hydrogens (tertiary/aromatic N) is 1. The van der Waals surface area contributed by atoms with Gasteiger partial charge in [0.15, 0.2) is 0 Å². The van der Waals surface area contributed by atoms with Gasteiger partial charge in [0.05, 0.1) is 0 Å². The zero-order valence-electron chi connectivity index (χ0n) is 11.7. The van der Waals surface area contributed by atoms with Crippen molar-refractivity contribution in [3.05, 3.63) is 36.0 Å². The van der Waals surface area contributed by atoms with Gasteiger partial charge in [-0.05, 0) is 48.9 Å². The molecule has 0 radical (unpaired) electrons. The van der Waals surface area contributed by atoms with E-state index < -0.39 is 0 Å². The van der Waals surface area contributed by atoms with Crippen LogP contribution in [-0.4, -0.2) is 17.7 Å². The standard InChI is InChI=1S/C16H24N2/c1-13(2)6-8-17-9-11-18-10-7-15-5-4-14(3)12-16(15)18/h4-5,7,10,12-13,17H,6,8-9,11H2,1-3H3. The summed E-state index contributed by atoms with van der Waals surface area (Å²) in [5.74, 6) is 0.785. The zero-order chi connectivity index (χ0) is 13.0. The van der Waals surface area contributed by atoms with E-state index in [1.807, 2.05) is 0 Å². The van der Waals surface area contributed by atoms with Crippen LogP contribution >= 0.6 is 0 Å². The Morgan fingerprint density at radius 2 is 2.00 bits per heavy atom. The van der Waals surface area contributed by atoms with Crippen LogP contribution in [-0.2, 0) is 6.54 Å². The van der Waals surface area contributed by atoms with Gasteiger partial charge in [0.1, 0.15) is 0 Å². The Kier molecular flexibility index (Phi) is 4.43. The molecule has 0 aliphatic heterocycles. The average molecular weight is 244 g/mol. The van der Waals surface area contributed by atoms with Crippen LogP contribution in [0.2, 0.25) is 0 Å². The van der Waals surface area contributed by atoms with Gasteiger partial charge in [-0.3, -0.25) is 0 Å². The molecule has 0 saturated heterocycles. The highest BCUT2D eigenvalue weighted by molar-refractivity contribution is 5.80. The lowest BCUT2D eigenvalue weighted by Crippen LogP contribution is -2.21. The Labute approximate surface area is 110 Å². The van der Waals surface area contributed by atoms with Gasteiger partial charge >= 0.3 is 0 Å². The third-order valence-corrected chi connectivity index (χ3v) is 3.36. The molecule has 0 unspecified atom stereocenters. The van der Waals surface area contributed by atoms with Crippen LogP contribution in [0, 0.1) is 12.8 Å². The molecule has 1 aromatic carbocycles. The van der Waals surface area contributed by atoms with E-state index in [1.165, 1.54) is 22.9 Å². The van der Waals surface area contributed by atoms with Crippen molar-refractivity contribution in [1.82, 2.24) is 9.88 Å². The van der Waals surface area contributed by atoms with E-state index in [2.05, 4.69) is 61.1 Å². The fourth-order valence-corrected chi connectivity index (χ4v) is 2.20. The Hall–Kier alpha value is -1.28. The van der Waals surface area contributed by atoms with E-state index in [0.717, 1.165) is 25.6 Å². The van der Waals surface area contributed by atoms with E-state index in [1.54, 1.807) is 0 Å². The van der Waals surface area contributed by atoms with Gasteiger partial charge in [0.25, 0.3) is 0 Å². The molecular weight excluding hydrogens is 220 g/mol. The monoisotopic (exact) mass is 244 g/mol. The Morgan fingerprint density at radius 1 is 1.17 bits per heavy atom. The van der Waals surface area contributed by atoms with E-state index in [0.29, 0.717) is 0 Å². The number of aromatic nitrogens is 1. The summed E-state index contributed by atoms with van der Waals surface area (Å²) in [6.07, 6.45) is 3.44. The van der Waals surface area contributed by atoms with Gasteiger partial charge in [0.2, 0.25) is 0 Å². The summed E-state index contributed by atoms with van der Waals surface area (Å²) >= 11 is 0. The first kappa shape index (κ1) is 13.2. The highest BCUT2D eigenvalue weighted by atomic mass is 15.0. The summed E-state index contributed by atoms with van der Waals surface area (Å²) in [7, 11) is 0. The summed E-state index contributed by atoms with van der Waals surface area (Å²) in [6, 6.07) is 8.84. The molecule has 2 heteroatoms. The molecule has 0 amide bonds. The molecule has 1 N–H and O–H groups in total. The van der Waals surface area contributed by atoms with Crippen LogP contribution in [0.5, 0.6) is 0 Å². The number of hydrogen-bond acceptors (Lipinski definition) is 1. The predicted molar refractivity (Wildman–Crippen MR) is 79.0 cm³/mol. The second-order valence-electron chi connectivity index (χ2n) is 5.50. The third-order valence-electron chi connectivity index (χ3n) is 3.36. The number of hydrogen-bond donors (Lipinski definition) is 1. The molecule has 98 valence electrons. The average Bonchev–Trinajstić information content (AvgIpc) is 2.71. The highest BCUT2D eigenvalue weighted by Gasteiger charge is 2.00. The molecular formula is C16H24N2. The zero-order valence-corrected chi connectivity index (χ0v) is 11.7. The fraction of sp³-hybridized carbons (Fsp3) is 0.500. The lowest BCUT2D eigenvalue weighted by Gasteiger charge is -2.09. The molecule has 2 rings (SSSR count). The maximum atomic E-state index is 3.51. The van der Waals surface area contributed by atoms with Gasteiger partial charge in [-0.1, -0.05) is 26.0 Å². The molecule has 0 fully saturated rings. The second kappa shape index (κ2) is 6.05. The molecule has 2 nitrogen and oxygen atoms in total. The third kappa shape index (κ3) is 3.36. The van der Waals surface area contributed by atoms with Crippen LogP contribution in [0.25, 0.3) is 10.9 Å². The number of aryl methyl sites for hydroxylation is 1. The highest BCUT2D eigenvalue weighted by Crippen LogP contribution is 2.16. The SMILES string of the molecule is Cc1ccc2ccn(CCNCCC(C)C)c2c1. The first-order chi connectivity index (χ1) is 8.66. The number of rotatable bonds is 6. The maximum Gasteiger partial charge on any atom is 0.0483 e. The van der Waals surface area contributed by atoms with Crippen molar-refractivity contribution >= 4 is 10.9 Å². The van der Waals surface area contributed by atoms with Crippen molar-refractivity contribution < 1.29 is 0 Å². The fourth-order valence-electron chi connectivity index (χ4n) is 2.20. The molecule has 0 aliphatic rings. The molecule has 18 heavy (non-hydrogen) atoms. The van der Waals surface area contributed by atoms with E-state index in [9.17, 15) is 0 Å². The Bertz CT molecular complexity index is 497. The number of benzene rings is 1. The molecule has 0 bridgehead atoms. The van der Waals surface area contributed by atoms with Crippen molar-refractivity contribution in [2.24, 2.45) is 5.92 Å². The van der Waals surface area contributed by atoms with Crippen molar-refractivity contribution in [2.75, 3.05) is 13.1 Å². The lowest BCUT2D eigenvalue weighted by molar-refractivity contribution is 0.522. The van der Waals surface area contributed by atoms with Crippen molar-refractivity contribution in [3.63, 3.8) is 0 Å². The summed E-state index contributed by atoms with van der Waals surface area (Å²) in [5, 5.41) is 4.85.